The smallest absolute Gasteiger partial charge is 0.255 e. The van der Waals surface area contributed by atoms with Crippen LogP contribution in [-0.4, -0.2) is 19.0 Å². The van der Waals surface area contributed by atoms with Gasteiger partial charge in [-0.25, -0.2) is 0 Å². The highest BCUT2D eigenvalue weighted by molar-refractivity contribution is 6.02. The van der Waals surface area contributed by atoms with Gasteiger partial charge in [0, 0.05) is 5.56 Å². The van der Waals surface area contributed by atoms with Crippen LogP contribution in [0.2, 0.25) is 0 Å². The van der Waals surface area contributed by atoms with Crippen molar-refractivity contribution in [2.75, 3.05) is 7.11 Å². The molecule has 0 saturated carbocycles. The van der Waals surface area contributed by atoms with Gasteiger partial charge in [-0.15, -0.1) is 0 Å². The monoisotopic (exact) mass is 310 g/mol. The second-order valence-electron chi connectivity index (χ2n) is 4.94. The van der Waals surface area contributed by atoms with Crippen molar-refractivity contribution < 1.29 is 19.4 Å². The SMILES string of the molecule is COc1ccc(/C=C(/NC(=O)c2cccc(C)c2)C(=O)[O-])cc1. The van der Waals surface area contributed by atoms with Crippen LogP contribution >= 0.6 is 0 Å². The second kappa shape index (κ2) is 7.26. The molecular weight excluding hydrogens is 294 g/mol. The third kappa shape index (κ3) is 4.44. The first-order valence-electron chi connectivity index (χ1n) is 6.94. The molecule has 0 fully saturated rings. The van der Waals surface area contributed by atoms with E-state index in [1.54, 1.807) is 49.6 Å². The summed E-state index contributed by atoms with van der Waals surface area (Å²) < 4.78 is 5.04. The van der Waals surface area contributed by atoms with Gasteiger partial charge in [-0.3, -0.25) is 4.79 Å². The number of hydrogen-bond acceptors (Lipinski definition) is 4. The molecule has 0 aliphatic carbocycles. The number of carboxylic acids is 1. The predicted molar refractivity (Wildman–Crippen MR) is 84.6 cm³/mol. The molecule has 0 heterocycles. The maximum absolute atomic E-state index is 12.1. The maximum atomic E-state index is 12.1. The van der Waals surface area contributed by atoms with Crippen LogP contribution in [0.1, 0.15) is 21.5 Å². The number of carboxylic acid groups (broad SMARTS) is 1. The highest BCUT2D eigenvalue weighted by Crippen LogP contribution is 2.13. The molecule has 5 nitrogen and oxygen atoms in total. The molecule has 0 radical (unpaired) electrons. The first-order valence-corrected chi connectivity index (χ1v) is 6.94. The molecule has 0 atom stereocenters. The van der Waals surface area contributed by atoms with Crippen molar-refractivity contribution in [2.45, 2.75) is 6.92 Å². The molecular formula is C18H16NO4-. The van der Waals surface area contributed by atoms with Gasteiger partial charge < -0.3 is 20.0 Å². The summed E-state index contributed by atoms with van der Waals surface area (Å²) in [6.07, 6.45) is 1.34. The lowest BCUT2D eigenvalue weighted by Crippen LogP contribution is -2.35. The lowest BCUT2D eigenvalue weighted by atomic mass is 10.1. The molecule has 1 amide bonds. The van der Waals surface area contributed by atoms with Crippen molar-refractivity contribution in [3.8, 4) is 5.75 Å². The summed E-state index contributed by atoms with van der Waals surface area (Å²) in [5.41, 5.74) is 1.59. The van der Waals surface area contributed by atoms with Gasteiger partial charge in [0.2, 0.25) is 0 Å². The molecule has 0 aliphatic rings. The number of carbonyl (C=O) groups excluding carboxylic acids is 2. The van der Waals surface area contributed by atoms with Gasteiger partial charge in [0.15, 0.2) is 0 Å². The zero-order valence-corrected chi connectivity index (χ0v) is 12.8. The number of methoxy groups -OCH3 is 1. The van der Waals surface area contributed by atoms with Gasteiger partial charge in [-0.2, -0.15) is 0 Å². The van der Waals surface area contributed by atoms with E-state index >= 15 is 0 Å². The Morgan fingerprint density at radius 2 is 1.83 bits per heavy atom. The molecule has 0 aliphatic heterocycles. The van der Waals surface area contributed by atoms with Crippen molar-refractivity contribution in [3.05, 3.63) is 70.9 Å². The Bertz CT molecular complexity index is 748. The molecule has 0 aromatic heterocycles. The normalized spacial score (nSPS) is 11.0. The number of ether oxygens (including phenoxy) is 1. The Kier molecular flexibility index (Phi) is 5.15. The van der Waals surface area contributed by atoms with Crippen molar-refractivity contribution in [2.24, 2.45) is 0 Å². The van der Waals surface area contributed by atoms with Crippen molar-refractivity contribution >= 4 is 18.0 Å². The van der Waals surface area contributed by atoms with Crippen LogP contribution < -0.4 is 15.2 Å². The second-order valence-corrected chi connectivity index (χ2v) is 4.94. The van der Waals surface area contributed by atoms with Crippen LogP contribution in [0.3, 0.4) is 0 Å². The molecule has 2 rings (SSSR count). The highest BCUT2D eigenvalue weighted by Gasteiger charge is 2.09. The van der Waals surface area contributed by atoms with Crippen LogP contribution in [0.4, 0.5) is 0 Å². The third-order valence-corrected chi connectivity index (χ3v) is 3.18. The first-order chi connectivity index (χ1) is 11.0. The Morgan fingerprint density at radius 1 is 1.13 bits per heavy atom. The predicted octanol–water partition coefficient (Wildman–Crippen LogP) is 1.52. The summed E-state index contributed by atoms with van der Waals surface area (Å²) in [5, 5.41) is 13.6. The Balaban J connectivity index is 2.22. The topological polar surface area (TPSA) is 78.5 Å². The van der Waals surface area contributed by atoms with Crippen LogP contribution in [-0.2, 0) is 4.79 Å². The number of aryl methyl sites for hydroxylation is 1. The lowest BCUT2D eigenvalue weighted by molar-refractivity contribution is -0.299. The summed E-state index contributed by atoms with van der Waals surface area (Å²) in [7, 11) is 1.54. The number of aliphatic carboxylic acids is 1. The molecule has 118 valence electrons. The molecule has 0 saturated heterocycles. The Labute approximate surface area is 134 Å². The van der Waals surface area contributed by atoms with E-state index in [2.05, 4.69) is 5.32 Å². The summed E-state index contributed by atoms with van der Waals surface area (Å²) in [6, 6.07) is 13.6. The number of carbonyl (C=O) groups is 2. The molecule has 5 heteroatoms. The van der Waals surface area contributed by atoms with Crippen LogP contribution in [0.5, 0.6) is 5.75 Å². The average Bonchev–Trinajstić information content (AvgIpc) is 2.54. The molecule has 2 aromatic rings. The van der Waals surface area contributed by atoms with Gasteiger partial charge in [0.05, 0.1) is 18.8 Å². The van der Waals surface area contributed by atoms with Gasteiger partial charge in [0.1, 0.15) is 5.75 Å². The Morgan fingerprint density at radius 3 is 2.39 bits per heavy atom. The van der Waals surface area contributed by atoms with Crippen LogP contribution in [0.25, 0.3) is 6.08 Å². The van der Waals surface area contributed by atoms with Crippen LogP contribution in [0, 0.1) is 6.92 Å². The van der Waals surface area contributed by atoms with E-state index < -0.39 is 11.9 Å². The van der Waals surface area contributed by atoms with Crippen LogP contribution in [0.15, 0.2) is 54.2 Å². The van der Waals surface area contributed by atoms with E-state index in [0.29, 0.717) is 16.9 Å². The van der Waals surface area contributed by atoms with E-state index in [0.717, 1.165) is 5.56 Å². The maximum Gasteiger partial charge on any atom is 0.255 e. The van der Waals surface area contributed by atoms with Gasteiger partial charge in [-0.05, 0) is 42.8 Å². The molecule has 0 spiro atoms. The average molecular weight is 310 g/mol. The summed E-state index contributed by atoms with van der Waals surface area (Å²) in [5.74, 6) is -1.31. The minimum absolute atomic E-state index is 0.304. The van der Waals surface area contributed by atoms with E-state index in [1.165, 1.54) is 6.08 Å². The fraction of sp³-hybridized carbons (Fsp3) is 0.111. The van der Waals surface area contributed by atoms with Gasteiger partial charge in [-0.1, -0.05) is 29.8 Å². The first kappa shape index (κ1) is 16.3. The van der Waals surface area contributed by atoms with Gasteiger partial charge in [0.25, 0.3) is 5.91 Å². The van der Waals surface area contributed by atoms with Crippen molar-refractivity contribution in [3.63, 3.8) is 0 Å². The van der Waals surface area contributed by atoms with Gasteiger partial charge >= 0.3 is 0 Å². The minimum Gasteiger partial charge on any atom is -0.543 e. The minimum atomic E-state index is -1.46. The number of amides is 1. The molecule has 0 bridgehead atoms. The number of rotatable bonds is 5. The van der Waals surface area contributed by atoms with Crippen molar-refractivity contribution in [1.82, 2.24) is 5.32 Å². The molecule has 2 aromatic carbocycles. The number of benzene rings is 2. The summed E-state index contributed by atoms with van der Waals surface area (Å²) in [6.45, 7) is 1.85. The summed E-state index contributed by atoms with van der Waals surface area (Å²) >= 11 is 0. The summed E-state index contributed by atoms with van der Waals surface area (Å²) in [4.78, 5) is 23.4. The standard InChI is InChI=1S/C18H17NO4/c1-12-4-3-5-14(10-12)17(20)19-16(18(21)22)11-13-6-8-15(23-2)9-7-13/h3-11H,1-2H3,(H,19,20)(H,21,22)/p-1/b16-11+. The van der Waals surface area contributed by atoms with E-state index in [9.17, 15) is 14.7 Å². The number of nitrogens with one attached hydrogen (secondary N) is 1. The van der Waals surface area contributed by atoms with E-state index in [-0.39, 0.29) is 5.70 Å². The quantitative estimate of drug-likeness (QED) is 0.849. The van der Waals surface area contributed by atoms with E-state index in [4.69, 9.17) is 4.74 Å². The fourth-order valence-corrected chi connectivity index (χ4v) is 1.99. The van der Waals surface area contributed by atoms with E-state index in [1.807, 2.05) is 13.0 Å². The molecule has 0 unspecified atom stereocenters. The Hall–Kier alpha value is -3.08. The number of hydrogen-bond donors (Lipinski definition) is 1. The molecule has 23 heavy (non-hydrogen) atoms. The molecule has 1 N–H and O–H groups in total. The lowest BCUT2D eigenvalue weighted by Gasteiger charge is -2.11. The fourth-order valence-electron chi connectivity index (χ4n) is 1.99. The zero-order valence-electron chi connectivity index (χ0n) is 12.8. The largest absolute Gasteiger partial charge is 0.543 e. The third-order valence-electron chi connectivity index (χ3n) is 3.18. The van der Waals surface area contributed by atoms with Crippen molar-refractivity contribution in [1.29, 1.82) is 0 Å². The zero-order chi connectivity index (χ0) is 16.8. The highest BCUT2D eigenvalue weighted by atomic mass is 16.5.